The maximum Gasteiger partial charge on any atom is 0.259 e. The largest absolute Gasteiger partial charge is 0.480 e. The minimum Gasteiger partial charge on any atom is -0.480 e. The molecule has 0 spiro atoms. The van der Waals surface area contributed by atoms with Crippen LogP contribution in [-0.4, -0.2) is 47.1 Å². The lowest BCUT2D eigenvalue weighted by Crippen LogP contribution is -2.31. The Balaban J connectivity index is 1.45. The number of hydrogen-bond donors (Lipinski definition) is 0. The fourth-order valence-corrected chi connectivity index (χ4v) is 3.18. The summed E-state index contributed by atoms with van der Waals surface area (Å²) in [6, 6.07) is 15.2. The van der Waals surface area contributed by atoms with Crippen LogP contribution < -0.4 is 9.47 Å². The lowest BCUT2D eigenvalue weighted by atomic mass is 10.2. The summed E-state index contributed by atoms with van der Waals surface area (Å²) in [6.45, 7) is 1.15. The summed E-state index contributed by atoms with van der Waals surface area (Å²) >= 11 is 0. The van der Waals surface area contributed by atoms with Crippen LogP contribution in [0, 0.1) is 0 Å². The van der Waals surface area contributed by atoms with Crippen molar-refractivity contribution in [3.8, 4) is 11.8 Å². The number of rotatable bonds is 4. The minimum absolute atomic E-state index is 0.0738. The molecule has 3 aromatic rings. The molecule has 1 aromatic carbocycles. The Morgan fingerprint density at radius 3 is 2.92 bits per heavy atom. The van der Waals surface area contributed by atoms with Gasteiger partial charge in [0.05, 0.1) is 19.2 Å². The van der Waals surface area contributed by atoms with E-state index in [-0.39, 0.29) is 12.0 Å². The first kappa shape index (κ1) is 16.3. The highest BCUT2D eigenvalue weighted by molar-refractivity contribution is 5.96. The molecule has 0 unspecified atom stereocenters. The average molecular weight is 349 g/mol. The molecule has 3 heterocycles. The number of amides is 1. The zero-order valence-corrected chi connectivity index (χ0v) is 14.5. The van der Waals surface area contributed by atoms with E-state index in [1.807, 2.05) is 36.4 Å². The van der Waals surface area contributed by atoms with Crippen LogP contribution in [0.25, 0.3) is 10.9 Å². The van der Waals surface area contributed by atoms with Crippen molar-refractivity contribution in [3.05, 3.63) is 60.3 Å². The topological polar surface area (TPSA) is 64.5 Å². The smallest absolute Gasteiger partial charge is 0.259 e. The average Bonchev–Trinajstić information content (AvgIpc) is 3.15. The summed E-state index contributed by atoms with van der Waals surface area (Å²) in [5.74, 6) is 0.840. The zero-order valence-electron chi connectivity index (χ0n) is 14.5. The highest BCUT2D eigenvalue weighted by Crippen LogP contribution is 2.23. The highest BCUT2D eigenvalue weighted by Gasteiger charge is 2.30. The van der Waals surface area contributed by atoms with Crippen molar-refractivity contribution >= 4 is 16.8 Å². The second-order valence-electron chi connectivity index (χ2n) is 6.18. The van der Waals surface area contributed by atoms with E-state index in [9.17, 15) is 4.79 Å². The van der Waals surface area contributed by atoms with Gasteiger partial charge < -0.3 is 14.4 Å². The van der Waals surface area contributed by atoms with Crippen LogP contribution in [0.1, 0.15) is 16.8 Å². The van der Waals surface area contributed by atoms with E-state index >= 15 is 0 Å². The van der Waals surface area contributed by atoms with Crippen molar-refractivity contribution in [2.45, 2.75) is 12.5 Å². The van der Waals surface area contributed by atoms with Gasteiger partial charge in [-0.2, -0.15) is 0 Å². The number of ether oxygens (including phenoxy) is 2. The lowest BCUT2D eigenvalue weighted by Gasteiger charge is -2.18. The Morgan fingerprint density at radius 2 is 2.04 bits per heavy atom. The second kappa shape index (κ2) is 7.00. The molecule has 26 heavy (non-hydrogen) atoms. The number of hydrogen-bond acceptors (Lipinski definition) is 5. The van der Waals surface area contributed by atoms with E-state index in [0.717, 1.165) is 17.3 Å². The molecule has 0 radical (unpaired) electrons. The summed E-state index contributed by atoms with van der Waals surface area (Å²) in [5, 5.41) is 1.08. The van der Waals surface area contributed by atoms with Crippen molar-refractivity contribution in [3.63, 3.8) is 0 Å². The maximum atomic E-state index is 12.7. The van der Waals surface area contributed by atoms with Crippen LogP contribution in [0.4, 0.5) is 0 Å². The first-order valence-electron chi connectivity index (χ1n) is 8.55. The molecule has 0 aliphatic carbocycles. The van der Waals surface area contributed by atoms with Crippen molar-refractivity contribution in [2.75, 3.05) is 20.2 Å². The number of para-hydroxylation sites is 1. The predicted molar refractivity (Wildman–Crippen MR) is 97.5 cm³/mol. The normalized spacial score (nSPS) is 16.7. The van der Waals surface area contributed by atoms with Gasteiger partial charge in [-0.05, 0) is 24.3 Å². The number of aromatic nitrogens is 2. The number of fused-ring (bicyclic) bond motifs is 1. The second-order valence-corrected chi connectivity index (χ2v) is 6.18. The van der Waals surface area contributed by atoms with Crippen molar-refractivity contribution < 1.29 is 14.3 Å². The Kier molecular flexibility index (Phi) is 4.39. The summed E-state index contributed by atoms with van der Waals surface area (Å²) in [4.78, 5) is 23.1. The fourth-order valence-electron chi connectivity index (χ4n) is 3.18. The molecule has 1 saturated heterocycles. The minimum atomic E-state index is -0.0903. The summed E-state index contributed by atoms with van der Waals surface area (Å²) < 4.78 is 11.2. The van der Waals surface area contributed by atoms with Gasteiger partial charge in [-0.3, -0.25) is 4.79 Å². The number of nitrogens with zero attached hydrogens (tertiary/aromatic N) is 3. The third-order valence-corrected chi connectivity index (χ3v) is 4.49. The number of carbonyl (C=O) groups excluding carboxylic acids is 1. The number of likely N-dealkylation sites (tertiary alicyclic amines) is 1. The van der Waals surface area contributed by atoms with Crippen LogP contribution >= 0.6 is 0 Å². The zero-order chi connectivity index (χ0) is 17.9. The van der Waals surface area contributed by atoms with E-state index in [1.54, 1.807) is 23.2 Å². The molecular weight excluding hydrogens is 330 g/mol. The van der Waals surface area contributed by atoms with E-state index in [4.69, 9.17) is 9.47 Å². The first-order valence-corrected chi connectivity index (χ1v) is 8.55. The molecule has 0 bridgehead atoms. The van der Waals surface area contributed by atoms with Gasteiger partial charge in [0.2, 0.25) is 11.8 Å². The van der Waals surface area contributed by atoms with Gasteiger partial charge in [0, 0.05) is 30.6 Å². The Labute approximate surface area is 151 Å². The van der Waals surface area contributed by atoms with Gasteiger partial charge in [-0.1, -0.05) is 18.2 Å². The predicted octanol–water partition coefficient (Wildman–Crippen LogP) is 2.93. The van der Waals surface area contributed by atoms with Crippen LogP contribution in [0.5, 0.6) is 11.8 Å². The van der Waals surface area contributed by atoms with Crippen molar-refractivity contribution in [1.29, 1.82) is 0 Å². The molecule has 0 saturated carbocycles. The van der Waals surface area contributed by atoms with E-state index in [1.165, 1.54) is 7.11 Å². The quantitative estimate of drug-likeness (QED) is 0.725. The summed E-state index contributed by atoms with van der Waals surface area (Å²) in [7, 11) is 1.51. The van der Waals surface area contributed by atoms with E-state index in [0.29, 0.717) is 30.4 Å². The van der Waals surface area contributed by atoms with Crippen LogP contribution in [0.2, 0.25) is 0 Å². The summed E-state index contributed by atoms with van der Waals surface area (Å²) in [5.41, 5.74) is 1.37. The Bertz CT molecular complexity index is 944. The van der Waals surface area contributed by atoms with E-state index in [2.05, 4.69) is 9.97 Å². The molecule has 1 fully saturated rings. The van der Waals surface area contributed by atoms with Crippen LogP contribution in [0.15, 0.2) is 54.7 Å². The summed E-state index contributed by atoms with van der Waals surface area (Å²) in [6.07, 6.45) is 2.30. The number of carbonyl (C=O) groups is 1. The standard InChI is InChI=1S/C20H19N3O3/c1-25-19-16(6-4-11-21-19)20(24)23-12-10-15(13-23)26-18-9-8-14-5-2-3-7-17(14)22-18/h2-9,11,15H,10,12-13H2,1H3/t15-/m1/s1. The fraction of sp³-hybridized carbons (Fsp3) is 0.250. The molecule has 4 rings (SSSR count). The Hall–Kier alpha value is -3.15. The van der Waals surface area contributed by atoms with Gasteiger partial charge in [0.25, 0.3) is 5.91 Å². The number of benzene rings is 1. The molecule has 6 heteroatoms. The van der Waals surface area contributed by atoms with Gasteiger partial charge in [-0.25, -0.2) is 9.97 Å². The molecule has 1 aliphatic heterocycles. The first-order chi connectivity index (χ1) is 12.7. The van der Waals surface area contributed by atoms with E-state index < -0.39 is 0 Å². The molecule has 2 aromatic heterocycles. The molecule has 132 valence electrons. The molecular formula is C20H19N3O3. The van der Waals surface area contributed by atoms with Crippen molar-refractivity contribution in [1.82, 2.24) is 14.9 Å². The highest BCUT2D eigenvalue weighted by atomic mass is 16.5. The van der Waals surface area contributed by atoms with Gasteiger partial charge in [0.1, 0.15) is 11.7 Å². The molecule has 0 N–H and O–H groups in total. The van der Waals surface area contributed by atoms with Crippen LogP contribution in [0.3, 0.4) is 0 Å². The third kappa shape index (κ3) is 3.18. The van der Waals surface area contributed by atoms with Crippen LogP contribution in [-0.2, 0) is 0 Å². The maximum absolute atomic E-state index is 12.7. The third-order valence-electron chi connectivity index (χ3n) is 4.49. The van der Waals surface area contributed by atoms with Gasteiger partial charge >= 0.3 is 0 Å². The molecule has 6 nitrogen and oxygen atoms in total. The van der Waals surface area contributed by atoms with Gasteiger partial charge in [0.15, 0.2) is 0 Å². The Morgan fingerprint density at radius 1 is 1.15 bits per heavy atom. The monoisotopic (exact) mass is 349 g/mol. The van der Waals surface area contributed by atoms with Crippen molar-refractivity contribution in [2.24, 2.45) is 0 Å². The van der Waals surface area contributed by atoms with Gasteiger partial charge in [-0.15, -0.1) is 0 Å². The number of pyridine rings is 2. The molecule has 1 aliphatic rings. The lowest BCUT2D eigenvalue weighted by molar-refractivity contribution is 0.0767. The number of methoxy groups -OCH3 is 1. The SMILES string of the molecule is COc1ncccc1C(=O)N1CC[C@@H](Oc2ccc3ccccc3n2)C1. The molecule has 1 amide bonds. The molecule has 1 atom stereocenters.